The molecule has 0 radical (unpaired) electrons. The largest absolute Gasteiger partial charge is 0.352 e. The lowest BCUT2D eigenvalue weighted by atomic mass is 10.1. The first-order valence-electron chi connectivity index (χ1n) is 8.15. The molecular weight excluding hydrogens is 328 g/mol. The van der Waals surface area contributed by atoms with Gasteiger partial charge >= 0.3 is 0 Å². The maximum absolute atomic E-state index is 12.4. The Bertz CT molecular complexity index is 618. The number of H-pyrrole nitrogens is 1. The van der Waals surface area contributed by atoms with Gasteiger partial charge in [-0.15, -0.1) is 16.4 Å². The van der Waals surface area contributed by atoms with Crippen LogP contribution in [0, 0.1) is 0 Å². The Hall–Kier alpha value is -1.34. The smallest absolute Gasteiger partial charge is 0.233 e. The van der Waals surface area contributed by atoms with E-state index in [9.17, 15) is 4.79 Å². The number of amides is 1. The van der Waals surface area contributed by atoms with Crippen LogP contribution >= 0.6 is 23.1 Å². The van der Waals surface area contributed by atoms with Crippen molar-refractivity contribution in [2.24, 2.45) is 0 Å². The normalized spacial score (nSPS) is 17.6. The molecule has 0 bridgehead atoms. The van der Waals surface area contributed by atoms with Crippen LogP contribution in [-0.4, -0.2) is 32.4 Å². The molecule has 2 N–H and O–H groups in total. The number of nitrogens with zero attached hydrogens (tertiary/aromatic N) is 2. The van der Waals surface area contributed by atoms with Crippen molar-refractivity contribution >= 4 is 29.0 Å². The third-order valence-electron chi connectivity index (χ3n) is 4.07. The molecule has 1 fully saturated rings. The number of carbonyl (C=O) groups is 1. The number of hydrogen-bond donors (Lipinski definition) is 2. The molecule has 23 heavy (non-hydrogen) atoms. The van der Waals surface area contributed by atoms with Gasteiger partial charge in [0.2, 0.25) is 11.1 Å². The van der Waals surface area contributed by atoms with Crippen LogP contribution in [0.2, 0.25) is 0 Å². The van der Waals surface area contributed by atoms with Crippen LogP contribution < -0.4 is 5.32 Å². The summed E-state index contributed by atoms with van der Waals surface area (Å²) < 4.78 is 0. The molecule has 124 valence electrons. The molecule has 0 aliphatic heterocycles. The summed E-state index contributed by atoms with van der Waals surface area (Å²) in [5.74, 6) is 0.850. The van der Waals surface area contributed by atoms with Crippen LogP contribution in [0.15, 0.2) is 22.7 Å². The molecular formula is C16H22N4OS2. The fourth-order valence-corrected chi connectivity index (χ4v) is 4.17. The zero-order valence-corrected chi connectivity index (χ0v) is 14.9. The second-order valence-electron chi connectivity index (χ2n) is 5.90. The van der Waals surface area contributed by atoms with Gasteiger partial charge in [0.25, 0.3) is 0 Å². The van der Waals surface area contributed by atoms with Crippen molar-refractivity contribution in [3.05, 3.63) is 17.5 Å². The molecule has 3 rings (SSSR count). The summed E-state index contributed by atoms with van der Waals surface area (Å²) in [4.78, 5) is 17.9. The van der Waals surface area contributed by atoms with Gasteiger partial charge in [0.15, 0.2) is 5.82 Å². The van der Waals surface area contributed by atoms with Gasteiger partial charge in [0.05, 0.1) is 10.1 Å². The van der Waals surface area contributed by atoms with Crippen LogP contribution in [0.1, 0.15) is 45.4 Å². The first kappa shape index (κ1) is 16.5. The van der Waals surface area contributed by atoms with Gasteiger partial charge in [-0.3, -0.25) is 9.89 Å². The van der Waals surface area contributed by atoms with E-state index in [1.807, 2.05) is 24.4 Å². The Morgan fingerprint density at radius 2 is 2.17 bits per heavy atom. The van der Waals surface area contributed by atoms with Crippen molar-refractivity contribution in [3.63, 3.8) is 0 Å². The van der Waals surface area contributed by atoms with Crippen molar-refractivity contribution < 1.29 is 4.79 Å². The Balaban J connectivity index is 1.53. The zero-order valence-electron chi connectivity index (χ0n) is 13.2. The average Bonchev–Trinajstić information content (AvgIpc) is 3.16. The molecule has 0 spiro atoms. The van der Waals surface area contributed by atoms with E-state index in [1.165, 1.54) is 37.4 Å². The van der Waals surface area contributed by atoms with E-state index in [4.69, 9.17) is 0 Å². The molecule has 1 saturated carbocycles. The van der Waals surface area contributed by atoms with Crippen molar-refractivity contribution in [2.75, 3.05) is 0 Å². The van der Waals surface area contributed by atoms with E-state index in [0.29, 0.717) is 11.2 Å². The summed E-state index contributed by atoms with van der Waals surface area (Å²) in [5, 5.41) is 12.8. The lowest BCUT2D eigenvalue weighted by molar-refractivity contribution is -0.121. The highest BCUT2D eigenvalue weighted by atomic mass is 32.2. The topological polar surface area (TPSA) is 70.7 Å². The third kappa shape index (κ3) is 4.57. The molecule has 0 aromatic carbocycles. The summed E-state index contributed by atoms with van der Waals surface area (Å²) in [7, 11) is 0. The lowest BCUT2D eigenvalue weighted by Crippen LogP contribution is -2.39. The molecule has 5 nitrogen and oxygen atoms in total. The van der Waals surface area contributed by atoms with Gasteiger partial charge in [-0.25, -0.2) is 4.98 Å². The Kier molecular flexibility index (Phi) is 5.72. The predicted octanol–water partition coefficient (Wildman–Crippen LogP) is 3.85. The van der Waals surface area contributed by atoms with E-state index >= 15 is 0 Å². The number of thiophene rings is 1. The highest BCUT2D eigenvalue weighted by Crippen LogP contribution is 2.25. The maximum Gasteiger partial charge on any atom is 0.233 e. The first-order chi connectivity index (χ1) is 11.2. The molecule has 1 aliphatic rings. The molecule has 2 heterocycles. The SMILES string of the molecule is C[C@H](Sc1n[nH]c(-c2cccs2)n1)C(=O)NC1CCCCCC1. The predicted molar refractivity (Wildman–Crippen MR) is 94.6 cm³/mol. The van der Waals surface area contributed by atoms with Crippen LogP contribution in [0.25, 0.3) is 10.7 Å². The van der Waals surface area contributed by atoms with E-state index in [0.717, 1.165) is 23.5 Å². The average molecular weight is 351 g/mol. The van der Waals surface area contributed by atoms with Crippen molar-refractivity contribution in [1.82, 2.24) is 20.5 Å². The second kappa shape index (κ2) is 7.97. The molecule has 0 saturated heterocycles. The fraction of sp³-hybridized carbons (Fsp3) is 0.562. The molecule has 2 aromatic heterocycles. The third-order valence-corrected chi connectivity index (χ3v) is 5.91. The number of thioether (sulfide) groups is 1. The van der Waals surface area contributed by atoms with Gasteiger partial charge in [0, 0.05) is 6.04 Å². The molecule has 1 amide bonds. The van der Waals surface area contributed by atoms with Gasteiger partial charge in [-0.05, 0) is 31.2 Å². The van der Waals surface area contributed by atoms with Gasteiger partial charge in [0.1, 0.15) is 0 Å². The van der Waals surface area contributed by atoms with Crippen molar-refractivity contribution in [1.29, 1.82) is 0 Å². The number of aromatic nitrogens is 3. The minimum atomic E-state index is -0.190. The Morgan fingerprint density at radius 1 is 1.39 bits per heavy atom. The van der Waals surface area contributed by atoms with Gasteiger partial charge in [-0.1, -0.05) is 43.5 Å². The first-order valence-corrected chi connectivity index (χ1v) is 9.91. The number of rotatable bonds is 5. The summed E-state index contributed by atoms with van der Waals surface area (Å²) in [6.07, 6.45) is 7.23. The maximum atomic E-state index is 12.4. The van der Waals surface area contributed by atoms with Gasteiger partial charge in [-0.2, -0.15) is 0 Å². The van der Waals surface area contributed by atoms with Crippen molar-refractivity contribution in [2.45, 2.75) is 61.9 Å². The quantitative estimate of drug-likeness (QED) is 0.635. The number of hydrogen-bond acceptors (Lipinski definition) is 5. The summed E-state index contributed by atoms with van der Waals surface area (Å²) in [6.45, 7) is 1.91. The number of aromatic amines is 1. The van der Waals surface area contributed by atoms with Crippen LogP contribution in [-0.2, 0) is 4.79 Å². The fourth-order valence-electron chi connectivity index (χ4n) is 2.78. The summed E-state index contributed by atoms with van der Waals surface area (Å²) in [6, 6.07) is 4.32. The van der Waals surface area contributed by atoms with Crippen molar-refractivity contribution in [3.8, 4) is 10.7 Å². The summed E-state index contributed by atoms with van der Waals surface area (Å²) >= 11 is 3.02. The van der Waals surface area contributed by atoms with E-state index in [1.54, 1.807) is 11.3 Å². The summed E-state index contributed by atoms with van der Waals surface area (Å²) in [5.41, 5.74) is 0. The highest BCUT2D eigenvalue weighted by molar-refractivity contribution is 8.00. The molecule has 0 unspecified atom stereocenters. The lowest BCUT2D eigenvalue weighted by Gasteiger charge is -2.18. The Labute approximate surface area is 144 Å². The second-order valence-corrected chi connectivity index (χ2v) is 8.16. The zero-order chi connectivity index (χ0) is 16.1. The van der Waals surface area contributed by atoms with Crippen LogP contribution in [0.3, 0.4) is 0 Å². The molecule has 1 atom stereocenters. The van der Waals surface area contributed by atoms with Crippen LogP contribution in [0.4, 0.5) is 0 Å². The minimum absolute atomic E-state index is 0.0874. The van der Waals surface area contributed by atoms with E-state index in [2.05, 4.69) is 20.5 Å². The molecule has 7 heteroatoms. The molecule has 2 aromatic rings. The number of nitrogens with one attached hydrogen (secondary N) is 2. The van der Waals surface area contributed by atoms with E-state index in [-0.39, 0.29) is 11.2 Å². The van der Waals surface area contributed by atoms with Crippen LogP contribution in [0.5, 0.6) is 0 Å². The van der Waals surface area contributed by atoms with Gasteiger partial charge < -0.3 is 5.32 Å². The minimum Gasteiger partial charge on any atom is -0.352 e. The monoisotopic (exact) mass is 350 g/mol. The molecule has 1 aliphatic carbocycles. The number of carbonyl (C=O) groups excluding carboxylic acids is 1. The Morgan fingerprint density at radius 3 is 2.87 bits per heavy atom. The highest BCUT2D eigenvalue weighted by Gasteiger charge is 2.21. The standard InChI is InChI=1S/C16H22N4OS2/c1-11(15(21)17-12-7-4-2-3-5-8-12)23-16-18-14(19-20-16)13-9-6-10-22-13/h6,9-12H,2-5,7-8H2,1H3,(H,17,21)(H,18,19,20)/t11-/m0/s1. The van der Waals surface area contributed by atoms with E-state index < -0.39 is 0 Å².